The van der Waals surface area contributed by atoms with Gasteiger partial charge < -0.3 is 14.5 Å². The average molecular weight is 383 g/mol. The fraction of sp³-hybridized carbons (Fsp3) is 0.391. The van der Waals surface area contributed by atoms with Crippen molar-refractivity contribution in [1.82, 2.24) is 0 Å². The van der Waals surface area contributed by atoms with Crippen LogP contribution in [-0.2, 0) is 14.3 Å². The van der Waals surface area contributed by atoms with Gasteiger partial charge in [0, 0.05) is 45.5 Å². The molecule has 0 fully saturated rings. The van der Waals surface area contributed by atoms with Gasteiger partial charge in [0.05, 0.1) is 6.61 Å². The highest BCUT2D eigenvalue weighted by Crippen LogP contribution is 2.35. The highest BCUT2D eigenvalue weighted by atomic mass is 16.5. The van der Waals surface area contributed by atoms with Crippen LogP contribution in [0.25, 0.3) is 0 Å². The zero-order valence-electron chi connectivity index (χ0n) is 17.6. The van der Waals surface area contributed by atoms with E-state index in [2.05, 4.69) is 0 Å². The van der Waals surface area contributed by atoms with Gasteiger partial charge in [0.25, 0.3) is 0 Å². The van der Waals surface area contributed by atoms with E-state index in [4.69, 9.17) is 4.74 Å². The van der Waals surface area contributed by atoms with Gasteiger partial charge in [-0.3, -0.25) is 9.59 Å². The lowest BCUT2D eigenvalue weighted by Crippen LogP contribution is -2.31. The number of benzene rings is 2. The first-order valence-electron chi connectivity index (χ1n) is 9.47. The quantitative estimate of drug-likeness (QED) is 0.514. The topological polar surface area (TPSA) is 49.9 Å². The summed E-state index contributed by atoms with van der Waals surface area (Å²) in [5, 5.41) is 0. The molecule has 150 valence electrons. The second-order valence-electron chi connectivity index (χ2n) is 7.29. The van der Waals surface area contributed by atoms with Crippen LogP contribution >= 0.6 is 0 Å². The predicted octanol–water partition coefficient (Wildman–Crippen LogP) is 3.72. The minimum Gasteiger partial charge on any atom is -0.465 e. The summed E-state index contributed by atoms with van der Waals surface area (Å²) in [5.41, 5.74) is 3.94. The van der Waals surface area contributed by atoms with Crippen molar-refractivity contribution in [1.29, 1.82) is 0 Å². The Kier molecular flexibility index (Phi) is 7.21. The van der Waals surface area contributed by atoms with Gasteiger partial charge in [0.15, 0.2) is 0 Å². The minimum atomic E-state index is -0.879. The number of ketones is 1. The van der Waals surface area contributed by atoms with E-state index in [-0.39, 0.29) is 12.4 Å². The van der Waals surface area contributed by atoms with Crippen LogP contribution in [0.15, 0.2) is 48.5 Å². The molecule has 0 N–H and O–H groups in total. The van der Waals surface area contributed by atoms with E-state index < -0.39 is 17.8 Å². The molecule has 0 spiro atoms. The molecule has 0 aliphatic carbocycles. The Morgan fingerprint density at radius 2 is 1.21 bits per heavy atom. The minimum absolute atomic E-state index is 0.197. The van der Waals surface area contributed by atoms with Crippen LogP contribution in [-0.4, -0.2) is 46.6 Å². The molecule has 0 unspecified atom stereocenters. The lowest BCUT2D eigenvalue weighted by Gasteiger charge is -2.26. The summed E-state index contributed by atoms with van der Waals surface area (Å²) >= 11 is 0. The Bertz CT molecular complexity index is 744. The van der Waals surface area contributed by atoms with Crippen molar-refractivity contribution >= 4 is 23.1 Å². The number of hydrogen-bond donors (Lipinski definition) is 0. The summed E-state index contributed by atoms with van der Waals surface area (Å²) in [6.07, 6.45) is 0. The molecular formula is C23H30N2O3. The van der Waals surface area contributed by atoms with E-state index in [1.54, 1.807) is 6.92 Å². The summed E-state index contributed by atoms with van der Waals surface area (Å²) in [5.74, 6) is -1.95. The average Bonchev–Trinajstić information content (AvgIpc) is 2.66. The number of Topliss-reactive ketones (excluding diaryl/α,β-unsaturated/α-hetero) is 1. The molecule has 1 atom stereocenters. The van der Waals surface area contributed by atoms with Crippen LogP contribution in [0.3, 0.4) is 0 Å². The molecule has 0 aromatic heterocycles. The molecular weight excluding hydrogens is 352 g/mol. The van der Waals surface area contributed by atoms with Crippen molar-refractivity contribution in [2.75, 3.05) is 44.6 Å². The standard InChI is InChI=1S/C23H30N2O3/c1-7-28-23(27)21(16(2)26)22(17-8-12-19(13-9-17)24(3)4)18-10-14-20(15-11-18)25(5)6/h8-15,21-22H,7H2,1-6H3/t21-/m1/s1. The summed E-state index contributed by atoms with van der Waals surface area (Å²) in [6.45, 7) is 3.45. The van der Waals surface area contributed by atoms with E-state index in [0.29, 0.717) is 0 Å². The number of ether oxygens (including phenoxy) is 1. The smallest absolute Gasteiger partial charge is 0.317 e. The number of esters is 1. The van der Waals surface area contributed by atoms with Crippen LogP contribution in [0.2, 0.25) is 0 Å². The molecule has 0 saturated carbocycles. The van der Waals surface area contributed by atoms with Crippen LogP contribution in [0.1, 0.15) is 30.9 Å². The first kappa shape index (κ1) is 21.5. The van der Waals surface area contributed by atoms with Crippen molar-refractivity contribution in [3.63, 3.8) is 0 Å². The predicted molar refractivity (Wildman–Crippen MR) is 114 cm³/mol. The lowest BCUT2D eigenvalue weighted by molar-refractivity contribution is -0.151. The highest BCUT2D eigenvalue weighted by molar-refractivity contribution is 5.99. The van der Waals surface area contributed by atoms with Crippen molar-refractivity contribution in [2.45, 2.75) is 19.8 Å². The maximum atomic E-state index is 12.7. The summed E-state index contributed by atoms with van der Waals surface area (Å²) < 4.78 is 5.24. The maximum Gasteiger partial charge on any atom is 0.317 e. The van der Waals surface area contributed by atoms with E-state index >= 15 is 0 Å². The molecule has 0 radical (unpaired) electrons. The number of anilines is 2. The Balaban J connectivity index is 2.55. The van der Waals surface area contributed by atoms with E-state index in [9.17, 15) is 9.59 Å². The third kappa shape index (κ3) is 4.91. The van der Waals surface area contributed by atoms with Gasteiger partial charge in [-0.25, -0.2) is 0 Å². The normalized spacial score (nSPS) is 11.8. The van der Waals surface area contributed by atoms with Gasteiger partial charge in [0.2, 0.25) is 0 Å². The maximum absolute atomic E-state index is 12.7. The first-order valence-corrected chi connectivity index (χ1v) is 9.47. The number of carbonyl (C=O) groups excluding carboxylic acids is 2. The largest absolute Gasteiger partial charge is 0.465 e. The first-order chi connectivity index (χ1) is 13.3. The Morgan fingerprint density at radius 3 is 1.50 bits per heavy atom. The Morgan fingerprint density at radius 1 is 0.821 bits per heavy atom. The van der Waals surface area contributed by atoms with Gasteiger partial charge in [-0.05, 0) is 49.2 Å². The van der Waals surface area contributed by atoms with E-state index in [0.717, 1.165) is 22.5 Å². The zero-order chi connectivity index (χ0) is 20.8. The fourth-order valence-corrected chi connectivity index (χ4v) is 3.31. The molecule has 0 aliphatic rings. The molecule has 0 heterocycles. The summed E-state index contributed by atoms with van der Waals surface area (Å²) in [7, 11) is 7.90. The SMILES string of the molecule is CCOC(=O)[C@H](C(C)=O)C(c1ccc(N(C)C)cc1)c1ccc(N(C)C)cc1. The fourth-order valence-electron chi connectivity index (χ4n) is 3.31. The third-order valence-corrected chi connectivity index (χ3v) is 4.85. The number of carbonyl (C=O) groups is 2. The second kappa shape index (κ2) is 9.40. The van der Waals surface area contributed by atoms with Crippen molar-refractivity contribution < 1.29 is 14.3 Å². The van der Waals surface area contributed by atoms with Crippen LogP contribution < -0.4 is 9.80 Å². The number of nitrogens with zero attached hydrogens (tertiary/aromatic N) is 2. The molecule has 2 aromatic rings. The summed E-state index contributed by atoms with van der Waals surface area (Å²) in [4.78, 5) is 29.2. The van der Waals surface area contributed by atoms with E-state index in [1.807, 2.05) is 86.5 Å². The summed E-state index contributed by atoms with van der Waals surface area (Å²) in [6, 6.07) is 15.9. The third-order valence-electron chi connectivity index (χ3n) is 4.85. The zero-order valence-corrected chi connectivity index (χ0v) is 17.6. The van der Waals surface area contributed by atoms with Crippen LogP contribution in [0.5, 0.6) is 0 Å². The molecule has 0 bridgehead atoms. The Labute approximate surface area is 167 Å². The molecule has 0 amide bonds. The van der Waals surface area contributed by atoms with Crippen molar-refractivity contribution in [3.8, 4) is 0 Å². The van der Waals surface area contributed by atoms with Gasteiger partial charge in [0.1, 0.15) is 11.7 Å². The Hall–Kier alpha value is -2.82. The van der Waals surface area contributed by atoms with E-state index in [1.165, 1.54) is 6.92 Å². The van der Waals surface area contributed by atoms with Crippen LogP contribution in [0, 0.1) is 5.92 Å². The van der Waals surface area contributed by atoms with Crippen molar-refractivity contribution in [3.05, 3.63) is 59.7 Å². The number of rotatable bonds is 8. The van der Waals surface area contributed by atoms with Crippen molar-refractivity contribution in [2.24, 2.45) is 5.92 Å². The molecule has 2 aromatic carbocycles. The number of hydrogen-bond acceptors (Lipinski definition) is 5. The van der Waals surface area contributed by atoms with Gasteiger partial charge in [-0.1, -0.05) is 24.3 Å². The lowest BCUT2D eigenvalue weighted by atomic mass is 9.78. The molecule has 5 heteroatoms. The van der Waals surface area contributed by atoms with Gasteiger partial charge >= 0.3 is 5.97 Å². The monoisotopic (exact) mass is 382 g/mol. The highest BCUT2D eigenvalue weighted by Gasteiger charge is 2.36. The molecule has 0 aliphatic heterocycles. The second-order valence-corrected chi connectivity index (χ2v) is 7.29. The van der Waals surface area contributed by atoms with Crippen LogP contribution in [0.4, 0.5) is 11.4 Å². The molecule has 28 heavy (non-hydrogen) atoms. The molecule has 5 nitrogen and oxygen atoms in total. The van der Waals surface area contributed by atoms with Gasteiger partial charge in [-0.15, -0.1) is 0 Å². The molecule has 0 saturated heterocycles. The molecule has 2 rings (SSSR count). The van der Waals surface area contributed by atoms with Gasteiger partial charge in [-0.2, -0.15) is 0 Å².